The van der Waals surface area contributed by atoms with E-state index in [0.29, 0.717) is 18.1 Å². The molecule has 6 heteroatoms. The molecule has 0 aliphatic carbocycles. The molecule has 6 nitrogen and oxygen atoms in total. The molecule has 0 bridgehead atoms. The Kier molecular flexibility index (Phi) is 6.65. The van der Waals surface area contributed by atoms with Crippen LogP contribution in [0.2, 0.25) is 0 Å². The Hall–Kier alpha value is -3.15. The molecule has 3 aromatic rings. The predicted molar refractivity (Wildman–Crippen MR) is 112 cm³/mol. The predicted octanol–water partition coefficient (Wildman–Crippen LogP) is 4.50. The van der Waals surface area contributed by atoms with E-state index in [1.807, 2.05) is 55.5 Å². The van der Waals surface area contributed by atoms with Crippen molar-refractivity contribution in [1.82, 2.24) is 15.5 Å². The zero-order chi connectivity index (χ0) is 20.8. The monoisotopic (exact) mass is 393 g/mol. The summed E-state index contributed by atoms with van der Waals surface area (Å²) < 4.78 is 10.5. The number of nitrogens with one attached hydrogen (secondary N) is 1. The van der Waals surface area contributed by atoms with E-state index in [4.69, 9.17) is 9.26 Å². The summed E-state index contributed by atoms with van der Waals surface area (Å²) in [4.78, 5) is 16.9. The van der Waals surface area contributed by atoms with E-state index in [2.05, 4.69) is 29.3 Å². The molecular weight excluding hydrogens is 366 g/mol. The number of carbonyl (C=O) groups excluding carboxylic acids is 1. The van der Waals surface area contributed by atoms with Gasteiger partial charge in [-0.05, 0) is 30.5 Å². The first-order valence-corrected chi connectivity index (χ1v) is 9.79. The van der Waals surface area contributed by atoms with Gasteiger partial charge in [-0.25, -0.2) is 0 Å². The first-order chi connectivity index (χ1) is 14.0. The molecule has 2 aromatic carbocycles. The van der Waals surface area contributed by atoms with Crippen molar-refractivity contribution in [3.8, 4) is 17.1 Å². The highest BCUT2D eigenvalue weighted by Crippen LogP contribution is 2.24. The van der Waals surface area contributed by atoms with Crippen LogP contribution in [0.15, 0.2) is 53.1 Å². The van der Waals surface area contributed by atoms with E-state index < -0.39 is 0 Å². The van der Waals surface area contributed by atoms with E-state index in [-0.39, 0.29) is 24.3 Å². The van der Waals surface area contributed by atoms with Crippen LogP contribution in [0.25, 0.3) is 11.4 Å². The lowest BCUT2D eigenvalue weighted by Crippen LogP contribution is -2.31. The van der Waals surface area contributed by atoms with Crippen LogP contribution in [-0.2, 0) is 11.2 Å². The summed E-state index contributed by atoms with van der Waals surface area (Å²) in [7, 11) is 1.64. The Morgan fingerprint density at radius 3 is 2.41 bits per heavy atom. The van der Waals surface area contributed by atoms with Crippen molar-refractivity contribution in [1.29, 1.82) is 0 Å². The molecule has 1 unspecified atom stereocenters. The highest BCUT2D eigenvalue weighted by molar-refractivity contribution is 5.76. The average molecular weight is 393 g/mol. The molecule has 1 amide bonds. The number of amides is 1. The van der Waals surface area contributed by atoms with Crippen LogP contribution in [0.4, 0.5) is 0 Å². The number of aryl methyl sites for hydroxylation is 2. The van der Waals surface area contributed by atoms with Crippen LogP contribution in [-0.4, -0.2) is 23.2 Å². The maximum atomic E-state index is 12.5. The fraction of sp³-hybridized carbons (Fsp3) is 0.348. The number of carbonyl (C=O) groups is 1. The van der Waals surface area contributed by atoms with Crippen molar-refractivity contribution in [2.45, 2.75) is 39.7 Å². The van der Waals surface area contributed by atoms with Crippen molar-refractivity contribution >= 4 is 5.91 Å². The minimum atomic E-state index is -0.0702. The van der Waals surface area contributed by atoms with Gasteiger partial charge in [0.2, 0.25) is 17.6 Å². The summed E-state index contributed by atoms with van der Waals surface area (Å²) in [6, 6.07) is 15.6. The minimum absolute atomic E-state index is 0.0467. The first-order valence-electron chi connectivity index (χ1n) is 9.79. The molecule has 152 valence electrons. The third-order valence-electron chi connectivity index (χ3n) is 4.80. The number of benzene rings is 2. The molecule has 29 heavy (non-hydrogen) atoms. The topological polar surface area (TPSA) is 77.2 Å². The summed E-state index contributed by atoms with van der Waals surface area (Å²) in [6.07, 6.45) is 0.688. The van der Waals surface area contributed by atoms with Gasteiger partial charge >= 0.3 is 0 Å². The van der Waals surface area contributed by atoms with Crippen LogP contribution in [0.3, 0.4) is 0 Å². The average Bonchev–Trinajstić information content (AvgIpc) is 3.20. The SMILES string of the molecule is COc1ccc(C(NC(=O)CCc2nc(-c3ccc(C)cc3)no2)C(C)C)cc1. The van der Waals surface area contributed by atoms with Crippen LogP contribution >= 0.6 is 0 Å². The number of nitrogens with zero attached hydrogens (tertiary/aromatic N) is 2. The summed E-state index contributed by atoms with van der Waals surface area (Å²) >= 11 is 0. The summed E-state index contributed by atoms with van der Waals surface area (Å²) in [5, 5.41) is 7.13. The summed E-state index contributed by atoms with van der Waals surface area (Å²) in [5.74, 6) is 2.00. The van der Waals surface area contributed by atoms with E-state index in [1.165, 1.54) is 5.56 Å². The molecule has 0 aliphatic heterocycles. The fourth-order valence-electron chi connectivity index (χ4n) is 3.09. The Morgan fingerprint density at radius 1 is 1.10 bits per heavy atom. The molecule has 0 saturated heterocycles. The number of hydrogen-bond donors (Lipinski definition) is 1. The molecule has 1 atom stereocenters. The Balaban J connectivity index is 1.58. The third kappa shape index (κ3) is 5.44. The minimum Gasteiger partial charge on any atom is -0.497 e. The van der Waals surface area contributed by atoms with Gasteiger partial charge in [-0.1, -0.05) is 61.0 Å². The maximum absolute atomic E-state index is 12.5. The molecule has 0 spiro atoms. The molecule has 3 rings (SSSR count). The van der Waals surface area contributed by atoms with E-state index in [1.54, 1.807) is 7.11 Å². The normalized spacial score (nSPS) is 12.0. The van der Waals surface area contributed by atoms with Gasteiger partial charge in [-0.2, -0.15) is 4.98 Å². The maximum Gasteiger partial charge on any atom is 0.227 e. The lowest BCUT2D eigenvalue weighted by molar-refractivity contribution is -0.122. The van der Waals surface area contributed by atoms with E-state index in [9.17, 15) is 4.79 Å². The van der Waals surface area contributed by atoms with Crippen molar-refractivity contribution in [3.05, 3.63) is 65.5 Å². The number of ether oxygens (including phenoxy) is 1. The zero-order valence-corrected chi connectivity index (χ0v) is 17.3. The highest BCUT2D eigenvalue weighted by Gasteiger charge is 2.19. The Labute approximate surface area is 171 Å². The van der Waals surface area contributed by atoms with Gasteiger partial charge in [0.05, 0.1) is 13.2 Å². The molecule has 1 heterocycles. The van der Waals surface area contributed by atoms with Crippen molar-refractivity contribution in [2.24, 2.45) is 5.92 Å². The molecule has 0 aliphatic rings. The Bertz CT molecular complexity index is 931. The second-order valence-corrected chi connectivity index (χ2v) is 7.44. The van der Waals surface area contributed by atoms with Crippen LogP contribution in [0.1, 0.15) is 43.3 Å². The first kappa shape index (κ1) is 20.6. The zero-order valence-electron chi connectivity index (χ0n) is 17.3. The van der Waals surface area contributed by atoms with Gasteiger partial charge in [0.1, 0.15) is 5.75 Å². The van der Waals surface area contributed by atoms with Crippen LogP contribution in [0.5, 0.6) is 5.75 Å². The smallest absolute Gasteiger partial charge is 0.227 e. The molecule has 1 N–H and O–H groups in total. The molecular formula is C23H27N3O3. The highest BCUT2D eigenvalue weighted by atomic mass is 16.5. The van der Waals surface area contributed by atoms with Gasteiger partial charge in [-0.15, -0.1) is 0 Å². The number of hydrogen-bond acceptors (Lipinski definition) is 5. The standard InChI is InChI=1S/C23H27N3O3/c1-15(2)22(17-9-11-19(28-4)12-10-17)24-20(27)13-14-21-25-23(26-29-21)18-7-5-16(3)6-8-18/h5-12,15,22H,13-14H2,1-4H3,(H,24,27). The molecule has 0 fully saturated rings. The fourth-order valence-corrected chi connectivity index (χ4v) is 3.09. The van der Waals surface area contributed by atoms with E-state index >= 15 is 0 Å². The summed E-state index contributed by atoms with van der Waals surface area (Å²) in [5.41, 5.74) is 3.12. The quantitative estimate of drug-likeness (QED) is 0.610. The molecule has 0 saturated carbocycles. The second kappa shape index (κ2) is 9.37. The number of aromatic nitrogens is 2. The van der Waals surface area contributed by atoms with Crippen molar-refractivity contribution in [2.75, 3.05) is 7.11 Å². The molecule has 1 aromatic heterocycles. The second-order valence-electron chi connectivity index (χ2n) is 7.44. The lowest BCUT2D eigenvalue weighted by atomic mass is 9.95. The summed E-state index contributed by atoms with van der Waals surface area (Å²) in [6.45, 7) is 6.20. The lowest BCUT2D eigenvalue weighted by Gasteiger charge is -2.23. The van der Waals surface area contributed by atoms with Gasteiger partial charge in [0, 0.05) is 18.4 Å². The van der Waals surface area contributed by atoms with Gasteiger partial charge in [0.25, 0.3) is 0 Å². The van der Waals surface area contributed by atoms with Crippen LogP contribution in [0, 0.1) is 12.8 Å². The van der Waals surface area contributed by atoms with Gasteiger partial charge in [-0.3, -0.25) is 4.79 Å². The van der Waals surface area contributed by atoms with E-state index in [0.717, 1.165) is 16.9 Å². The van der Waals surface area contributed by atoms with Gasteiger partial charge in [0.15, 0.2) is 0 Å². The number of rotatable bonds is 8. The van der Waals surface area contributed by atoms with Gasteiger partial charge < -0.3 is 14.6 Å². The van der Waals surface area contributed by atoms with Crippen LogP contribution < -0.4 is 10.1 Å². The number of methoxy groups -OCH3 is 1. The Morgan fingerprint density at radius 2 is 1.79 bits per heavy atom. The largest absolute Gasteiger partial charge is 0.497 e. The van der Waals surface area contributed by atoms with Crippen molar-refractivity contribution < 1.29 is 14.1 Å². The third-order valence-corrected chi connectivity index (χ3v) is 4.80. The molecule has 0 radical (unpaired) electrons. The van der Waals surface area contributed by atoms with Crippen molar-refractivity contribution in [3.63, 3.8) is 0 Å².